The molecule has 1 aromatic heterocycles. The van der Waals surface area contributed by atoms with Crippen molar-refractivity contribution < 1.29 is 4.74 Å². The molecule has 0 spiro atoms. The zero-order chi connectivity index (χ0) is 12.3. The minimum Gasteiger partial charge on any atom is -0.374 e. The Morgan fingerprint density at radius 3 is 2.47 bits per heavy atom. The Morgan fingerprint density at radius 1 is 1.24 bits per heavy atom. The minimum atomic E-state index is 0.259. The molecule has 0 radical (unpaired) electrons. The van der Waals surface area contributed by atoms with E-state index < -0.39 is 0 Å². The molecule has 17 heavy (non-hydrogen) atoms. The summed E-state index contributed by atoms with van der Waals surface area (Å²) in [6, 6.07) is 8.21. The number of nitrogens with zero attached hydrogens (tertiary/aromatic N) is 3. The maximum atomic E-state index is 5.55. The van der Waals surface area contributed by atoms with E-state index in [0.717, 1.165) is 11.3 Å². The number of benzene rings is 1. The van der Waals surface area contributed by atoms with Gasteiger partial charge in [-0.1, -0.05) is 29.5 Å². The summed E-state index contributed by atoms with van der Waals surface area (Å²) in [5.41, 5.74) is 3.14. The van der Waals surface area contributed by atoms with Crippen molar-refractivity contribution in [2.24, 2.45) is 7.05 Å². The lowest BCUT2D eigenvalue weighted by Gasteiger charge is -2.07. The Bertz CT molecular complexity index is 474. The predicted octanol–water partition coefficient (Wildman–Crippen LogP) is 2.41. The molecule has 0 bridgehead atoms. The van der Waals surface area contributed by atoms with Gasteiger partial charge in [0.2, 0.25) is 0 Å². The molecule has 0 aliphatic rings. The average Bonchev–Trinajstić information content (AvgIpc) is 2.74. The third-order valence-corrected chi connectivity index (χ3v) is 2.44. The summed E-state index contributed by atoms with van der Waals surface area (Å²) in [5, 5.41) is 7.99. The van der Waals surface area contributed by atoms with Gasteiger partial charge in [0.1, 0.15) is 5.69 Å². The van der Waals surface area contributed by atoms with Crippen molar-refractivity contribution in [3.05, 3.63) is 36.0 Å². The number of rotatable bonds is 4. The third-order valence-electron chi connectivity index (χ3n) is 2.44. The highest BCUT2D eigenvalue weighted by molar-refractivity contribution is 5.57. The molecule has 0 saturated carbocycles. The first-order valence-corrected chi connectivity index (χ1v) is 5.72. The predicted molar refractivity (Wildman–Crippen MR) is 66.4 cm³/mol. The van der Waals surface area contributed by atoms with Crippen LogP contribution in [0, 0.1) is 0 Å². The van der Waals surface area contributed by atoms with E-state index >= 15 is 0 Å². The summed E-state index contributed by atoms with van der Waals surface area (Å²) in [6.07, 6.45) is 2.16. The van der Waals surface area contributed by atoms with Crippen molar-refractivity contribution >= 4 is 0 Å². The standard InChI is InChI=1S/C13H17N3O/c1-10(2)17-9-11-4-6-12(7-5-11)13-8-16(3)15-14-13/h4-8,10H,9H2,1-3H3. The van der Waals surface area contributed by atoms with E-state index in [1.165, 1.54) is 5.56 Å². The lowest BCUT2D eigenvalue weighted by molar-refractivity contribution is 0.0657. The fraction of sp³-hybridized carbons (Fsp3) is 0.385. The summed E-state index contributed by atoms with van der Waals surface area (Å²) in [7, 11) is 1.86. The first-order chi connectivity index (χ1) is 8.15. The van der Waals surface area contributed by atoms with Gasteiger partial charge in [0.05, 0.1) is 18.9 Å². The number of aromatic nitrogens is 3. The zero-order valence-electron chi connectivity index (χ0n) is 10.4. The van der Waals surface area contributed by atoms with Crippen LogP contribution in [0.25, 0.3) is 11.3 Å². The Kier molecular flexibility index (Phi) is 3.54. The molecule has 2 aromatic rings. The van der Waals surface area contributed by atoms with Crippen LogP contribution in [0.4, 0.5) is 0 Å². The molecule has 0 unspecified atom stereocenters. The first kappa shape index (κ1) is 11.8. The van der Waals surface area contributed by atoms with Gasteiger partial charge < -0.3 is 4.74 Å². The topological polar surface area (TPSA) is 39.9 Å². The minimum absolute atomic E-state index is 0.259. The third kappa shape index (κ3) is 3.14. The van der Waals surface area contributed by atoms with Gasteiger partial charge in [0, 0.05) is 12.6 Å². The second kappa shape index (κ2) is 5.10. The highest BCUT2D eigenvalue weighted by Crippen LogP contribution is 2.17. The smallest absolute Gasteiger partial charge is 0.113 e. The van der Waals surface area contributed by atoms with E-state index in [1.807, 2.05) is 39.2 Å². The molecule has 0 amide bonds. The van der Waals surface area contributed by atoms with Crippen LogP contribution in [0.5, 0.6) is 0 Å². The number of aryl methyl sites for hydroxylation is 1. The van der Waals surface area contributed by atoms with E-state index in [0.29, 0.717) is 6.61 Å². The molecule has 1 aromatic carbocycles. The average molecular weight is 231 g/mol. The van der Waals surface area contributed by atoms with Crippen molar-refractivity contribution in [2.45, 2.75) is 26.6 Å². The highest BCUT2D eigenvalue weighted by atomic mass is 16.5. The van der Waals surface area contributed by atoms with Gasteiger partial charge in [-0.2, -0.15) is 0 Å². The molecule has 4 nitrogen and oxygen atoms in total. The summed E-state index contributed by atoms with van der Waals surface area (Å²) in [4.78, 5) is 0. The van der Waals surface area contributed by atoms with Crippen molar-refractivity contribution in [2.75, 3.05) is 0 Å². The molecule has 0 N–H and O–H groups in total. The molecule has 0 aliphatic carbocycles. The second-order valence-corrected chi connectivity index (χ2v) is 4.33. The Hall–Kier alpha value is -1.68. The van der Waals surface area contributed by atoms with Crippen molar-refractivity contribution in [3.8, 4) is 11.3 Å². The van der Waals surface area contributed by atoms with Crippen molar-refractivity contribution in [1.82, 2.24) is 15.0 Å². The molecule has 0 atom stereocenters. The van der Waals surface area contributed by atoms with E-state index in [9.17, 15) is 0 Å². The van der Waals surface area contributed by atoms with Crippen molar-refractivity contribution in [1.29, 1.82) is 0 Å². The molecule has 2 rings (SSSR count). The van der Waals surface area contributed by atoms with Crippen LogP contribution in [0.3, 0.4) is 0 Å². The fourth-order valence-corrected chi connectivity index (χ4v) is 1.51. The van der Waals surface area contributed by atoms with Gasteiger partial charge in [-0.25, -0.2) is 0 Å². The van der Waals surface area contributed by atoms with Crippen LogP contribution in [0.2, 0.25) is 0 Å². The van der Waals surface area contributed by atoms with Crippen LogP contribution < -0.4 is 0 Å². The van der Waals surface area contributed by atoms with E-state index in [-0.39, 0.29) is 6.10 Å². The number of hydrogen-bond donors (Lipinski definition) is 0. The Morgan fingerprint density at radius 2 is 1.94 bits per heavy atom. The maximum Gasteiger partial charge on any atom is 0.113 e. The largest absolute Gasteiger partial charge is 0.374 e. The summed E-state index contributed by atoms with van der Waals surface area (Å²) in [6.45, 7) is 4.72. The molecule has 0 aliphatic heterocycles. The van der Waals surface area contributed by atoms with Crippen LogP contribution in [-0.2, 0) is 18.4 Å². The molecule has 4 heteroatoms. The zero-order valence-corrected chi connectivity index (χ0v) is 10.4. The lowest BCUT2D eigenvalue weighted by atomic mass is 10.1. The van der Waals surface area contributed by atoms with Crippen LogP contribution in [0.1, 0.15) is 19.4 Å². The van der Waals surface area contributed by atoms with E-state index in [1.54, 1.807) is 4.68 Å². The van der Waals surface area contributed by atoms with E-state index in [2.05, 4.69) is 22.4 Å². The second-order valence-electron chi connectivity index (χ2n) is 4.33. The maximum absolute atomic E-state index is 5.55. The summed E-state index contributed by atoms with van der Waals surface area (Å²) >= 11 is 0. The molecule has 0 saturated heterocycles. The van der Waals surface area contributed by atoms with Crippen LogP contribution in [-0.4, -0.2) is 21.1 Å². The van der Waals surface area contributed by atoms with E-state index in [4.69, 9.17) is 4.74 Å². The fourth-order valence-electron chi connectivity index (χ4n) is 1.51. The van der Waals surface area contributed by atoms with Crippen LogP contribution in [0.15, 0.2) is 30.5 Å². The molecular formula is C13H17N3O. The molecule has 90 valence electrons. The van der Waals surface area contributed by atoms with Crippen molar-refractivity contribution in [3.63, 3.8) is 0 Å². The monoisotopic (exact) mass is 231 g/mol. The van der Waals surface area contributed by atoms with Crippen LogP contribution >= 0.6 is 0 Å². The van der Waals surface area contributed by atoms with Gasteiger partial charge in [-0.05, 0) is 19.4 Å². The SMILES string of the molecule is CC(C)OCc1ccc(-c2cn(C)nn2)cc1. The number of hydrogen-bond acceptors (Lipinski definition) is 3. The van der Waals surface area contributed by atoms with Gasteiger partial charge >= 0.3 is 0 Å². The summed E-state index contributed by atoms with van der Waals surface area (Å²) in [5.74, 6) is 0. The Labute approximate surface area is 101 Å². The normalized spacial score (nSPS) is 11.1. The van der Waals surface area contributed by atoms with Gasteiger partial charge in [-0.3, -0.25) is 4.68 Å². The summed E-state index contributed by atoms with van der Waals surface area (Å²) < 4.78 is 7.25. The molecule has 0 fully saturated rings. The van der Waals surface area contributed by atoms with Gasteiger partial charge in [0.25, 0.3) is 0 Å². The number of ether oxygens (including phenoxy) is 1. The first-order valence-electron chi connectivity index (χ1n) is 5.72. The lowest BCUT2D eigenvalue weighted by Crippen LogP contribution is -2.01. The molecule has 1 heterocycles. The Balaban J connectivity index is 2.07. The quantitative estimate of drug-likeness (QED) is 0.811. The van der Waals surface area contributed by atoms with Gasteiger partial charge in [-0.15, -0.1) is 5.10 Å². The highest BCUT2D eigenvalue weighted by Gasteiger charge is 2.02. The van der Waals surface area contributed by atoms with Gasteiger partial charge in [0.15, 0.2) is 0 Å². The molecular weight excluding hydrogens is 214 g/mol.